The van der Waals surface area contributed by atoms with E-state index in [0.29, 0.717) is 11.3 Å². The molecule has 0 heterocycles. The summed E-state index contributed by atoms with van der Waals surface area (Å²) in [5, 5.41) is 13.5. The zero-order chi connectivity index (χ0) is 20.0. The second-order valence-electron chi connectivity index (χ2n) is 5.82. The summed E-state index contributed by atoms with van der Waals surface area (Å²) in [6.07, 6.45) is -1.43. The second-order valence-corrected chi connectivity index (χ2v) is 5.82. The van der Waals surface area contributed by atoms with E-state index in [1.54, 1.807) is 24.3 Å². The Morgan fingerprint density at radius 1 is 1.15 bits per heavy atom. The minimum absolute atomic E-state index is 0.143. The minimum Gasteiger partial charge on any atom is -0.452 e. The van der Waals surface area contributed by atoms with E-state index in [-0.39, 0.29) is 23.5 Å². The largest absolute Gasteiger partial charge is 0.452 e. The van der Waals surface area contributed by atoms with Crippen LogP contribution in [-0.4, -0.2) is 28.7 Å². The van der Waals surface area contributed by atoms with Crippen LogP contribution in [0.2, 0.25) is 0 Å². The number of carbonyl (C=O) groups is 3. The van der Waals surface area contributed by atoms with Gasteiger partial charge in [-0.05, 0) is 26.0 Å². The van der Waals surface area contributed by atoms with Crippen molar-refractivity contribution in [3.05, 3.63) is 69.8 Å². The first-order chi connectivity index (χ1) is 12.8. The minimum atomic E-state index is -1.11. The summed E-state index contributed by atoms with van der Waals surface area (Å²) >= 11 is 0. The molecule has 2 rings (SSSR count). The lowest BCUT2D eigenvalue weighted by Gasteiger charge is -2.14. The lowest BCUT2D eigenvalue weighted by atomic mass is 10.1. The molecule has 1 amide bonds. The SMILES string of the molecule is CC(=O)c1cccc(NC(=O)[C@H](C)OC(=O)Cc2ccccc2[N+](=O)[O-])c1. The molecule has 140 valence electrons. The number of para-hydroxylation sites is 1. The van der Waals surface area contributed by atoms with Gasteiger partial charge in [0.1, 0.15) is 0 Å². The Labute approximate surface area is 155 Å². The van der Waals surface area contributed by atoms with Crippen LogP contribution in [0.15, 0.2) is 48.5 Å². The van der Waals surface area contributed by atoms with Gasteiger partial charge >= 0.3 is 5.97 Å². The molecule has 2 aromatic carbocycles. The molecule has 0 aliphatic carbocycles. The molecule has 2 aromatic rings. The molecule has 0 bridgehead atoms. The maximum absolute atomic E-state index is 12.2. The van der Waals surface area contributed by atoms with Crippen molar-refractivity contribution >= 4 is 29.0 Å². The van der Waals surface area contributed by atoms with Gasteiger partial charge in [-0.25, -0.2) is 0 Å². The normalized spacial score (nSPS) is 11.3. The number of ether oxygens (including phenoxy) is 1. The molecular weight excluding hydrogens is 352 g/mol. The van der Waals surface area contributed by atoms with Crippen molar-refractivity contribution in [1.82, 2.24) is 0 Å². The molecule has 0 saturated heterocycles. The summed E-state index contributed by atoms with van der Waals surface area (Å²) in [5.41, 5.74) is 0.852. The number of nitrogens with zero attached hydrogens (tertiary/aromatic N) is 1. The highest BCUT2D eigenvalue weighted by atomic mass is 16.6. The van der Waals surface area contributed by atoms with Crippen molar-refractivity contribution in [3.63, 3.8) is 0 Å². The molecule has 8 heteroatoms. The van der Waals surface area contributed by atoms with Gasteiger partial charge in [-0.15, -0.1) is 0 Å². The Balaban J connectivity index is 1.98. The molecule has 0 fully saturated rings. The fraction of sp³-hybridized carbons (Fsp3) is 0.211. The molecule has 27 heavy (non-hydrogen) atoms. The number of amides is 1. The van der Waals surface area contributed by atoms with Crippen molar-refractivity contribution in [2.24, 2.45) is 0 Å². The third-order valence-corrected chi connectivity index (χ3v) is 3.74. The van der Waals surface area contributed by atoms with Crippen LogP contribution in [-0.2, 0) is 20.7 Å². The van der Waals surface area contributed by atoms with Gasteiger partial charge in [0.25, 0.3) is 11.6 Å². The van der Waals surface area contributed by atoms with E-state index in [2.05, 4.69) is 5.32 Å². The van der Waals surface area contributed by atoms with Crippen molar-refractivity contribution < 1.29 is 24.0 Å². The number of esters is 1. The molecule has 0 unspecified atom stereocenters. The van der Waals surface area contributed by atoms with Crippen molar-refractivity contribution in [2.75, 3.05) is 5.32 Å². The first kappa shape index (κ1) is 19.8. The highest BCUT2D eigenvalue weighted by Gasteiger charge is 2.21. The Hall–Kier alpha value is -3.55. The standard InChI is InChI=1S/C19H18N2O6/c1-12(22)14-7-5-8-16(10-14)20-19(24)13(2)27-18(23)11-15-6-3-4-9-17(15)21(25)26/h3-10,13H,11H2,1-2H3,(H,20,24)/t13-/m0/s1. The number of ketones is 1. The number of hydrogen-bond donors (Lipinski definition) is 1. The van der Waals surface area contributed by atoms with E-state index in [1.165, 1.54) is 38.1 Å². The van der Waals surface area contributed by atoms with Crippen LogP contribution in [0.25, 0.3) is 0 Å². The lowest BCUT2D eigenvalue weighted by molar-refractivity contribution is -0.385. The third-order valence-electron chi connectivity index (χ3n) is 3.74. The van der Waals surface area contributed by atoms with E-state index >= 15 is 0 Å². The van der Waals surface area contributed by atoms with Crippen LogP contribution in [0.1, 0.15) is 29.8 Å². The topological polar surface area (TPSA) is 116 Å². The summed E-state index contributed by atoms with van der Waals surface area (Å²) in [5.74, 6) is -1.48. The Morgan fingerprint density at radius 2 is 1.85 bits per heavy atom. The number of anilines is 1. The number of nitro benzene ring substituents is 1. The molecule has 0 spiro atoms. The molecule has 1 atom stereocenters. The summed E-state index contributed by atoms with van der Waals surface area (Å²) < 4.78 is 5.06. The van der Waals surface area contributed by atoms with Gasteiger partial charge in [0.05, 0.1) is 11.3 Å². The van der Waals surface area contributed by atoms with E-state index in [4.69, 9.17) is 4.74 Å². The molecule has 0 aliphatic heterocycles. The van der Waals surface area contributed by atoms with Crippen LogP contribution in [0.5, 0.6) is 0 Å². The average Bonchev–Trinajstić information content (AvgIpc) is 2.62. The van der Waals surface area contributed by atoms with E-state index in [0.717, 1.165) is 0 Å². The average molecular weight is 370 g/mol. The quantitative estimate of drug-likeness (QED) is 0.347. The van der Waals surface area contributed by atoms with Crippen LogP contribution in [0.4, 0.5) is 11.4 Å². The van der Waals surface area contributed by atoms with Crippen LogP contribution in [0, 0.1) is 10.1 Å². The van der Waals surface area contributed by atoms with Crippen molar-refractivity contribution in [3.8, 4) is 0 Å². The number of nitrogens with one attached hydrogen (secondary N) is 1. The fourth-order valence-electron chi connectivity index (χ4n) is 2.35. The molecule has 1 N–H and O–H groups in total. The summed E-state index contributed by atoms with van der Waals surface area (Å²) in [4.78, 5) is 46.0. The van der Waals surface area contributed by atoms with Crippen LogP contribution in [0.3, 0.4) is 0 Å². The van der Waals surface area contributed by atoms with Crippen molar-refractivity contribution in [2.45, 2.75) is 26.4 Å². The predicted octanol–water partition coefficient (Wildman–Crippen LogP) is 2.91. The Kier molecular flexibility index (Phi) is 6.37. The van der Waals surface area contributed by atoms with Gasteiger partial charge in [0.15, 0.2) is 11.9 Å². The van der Waals surface area contributed by atoms with E-state index < -0.39 is 22.9 Å². The fourth-order valence-corrected chi connectivity index (χ4v) is 2.35. The first-order valence-corrected chi connectivity index (χ1v) is 8.11. The lowest BCUT2D eigenvalue weighted by Crippen LogP contribution is -2.30. The summed E-state index contributed by atoms with van der Waals surface area (Å²) in [7, 11) is 0. The second kappa shape index (κ2) is 8.70. The van der Waals surface area contributed by atoms with Gasteiger partial charge in [0.2, 0.25) is 0 Å². The molecule has 0 radical (unpaired) electrons. The number of benzene rings is 2. The molecular formula is C19H18N2O6. The Bertz CT molecular complexity index is 893. The van der Waals surface area contributed by atoms with Crippen LogP contribution < -0.4 is 5.32 Å². The summed E-state index contributed by atoms with van der Waals surface area (Å²) in [6.45, 7) is 2.80. The number of rotatable bonds is 7. The molecule has 0 aromatic heterocycles. The first-order valence-electron chi connectivity index (χ1n) is 8.11. The third kappa shape index (κ3) is 5.46. The van der Waals surface area contributed by atoms with Gasteiger partial charge in [0, 0.05) is 22.9 Å². The number of hydrogen-bond acceptors (Lipinski definition) is 6. The highest BCUT2D eigenvalue weighted by molar-refractivity contribution is 5.98. The van der Waals surface area contributed by atoms with Crippen LogP contribution >= 0.6 is 0 Å². The van der Waals surface area contributed by atoms with E-state index in [1.807, 2.05) is 0 Å². The Morgan fingerprint density at radius 3 is 2.52 bits per heavy atom. The van der Waals surface area contributed by atoms with Gasteiger partial charge < -0.3 is 10.1 Å². The van der Waals surface area contributed by atoms with Gasteiger partial charge in [-0.1, -0.05) is 30.3 Å². The highest BCUT2D eigenvalue weighted by Crippen LogP contribution is 2.19. The summed E-state index contributed by atoms with van der Waals surface area (Å²) in [6, 6.07) is 12.2. The predicted molar refractivity (Wildman–Crippen MR) is 97.4 cm³/mol. The van der Waals surface area contributed by atoms with E-state index in [9.17, 15) is 24.5 Å². The van der Waals surface area contributed by atoms with Gasteiger partial charge in [-0.2, -0.15) is 0 Å². The monoisotopic (exact) mass is 370 g/mol. The number of carbonyl (C=O) groups excluding carboxylic acids is 3. The zero-order valence-electron chi connectivity index (χ0n) is 14.8. The number of nitro groups is 1. The van der Waals surface area contributed by atoms with Gasteiger partial charge in [-0.3, -0.25) is 24.5 Å². The maximum atomic E-state index is 12.2. The maximum Gasteiger partial charge on any atom is 0.311 e. The zero-order valence-corrected chi connectivity index (χ0v) is 14.8. The molecule has 0 saturated carbocycles. The smallest absolute Gasteiger partial charge is 0.311 e. The molecule has 8 nitrogen and oxygen atoms in total. The van der Waals surface area contributed by atoms with Crippen molar-refractivity contribution in [1.29, 1.82) is 0 Å². The molecule has 0 aliphatic rings. The number of Topliss-reactive ketones (excluding diaryl/α,β-unsaturated/α-hetero) is 1.